The van der Waals surface area contributed by atoms with Crippen LogP contribution in [0.3, 0.4) is 0 Å². The summed E-state index contributed by atoms with van der Waals surface area (Å²) in [5, 5.41) is 36.0. The molecule has 260 valence electrons. The minimum absolute atomic E-state index is 0.274. The molecule has 0 aliphatic carbocycles. The number of nitrogens with zero attached hydrogens (tertiary/aromatic N) is 8. The Hall–Kier alpha value is -2.75. The summed E-state index contributed by atoms with van der Waals surface area (Å²) in [4.78, 5) is 25.7. The largest absolute Gasteiger partial charge is 0.394 e. The van der Waals surface area contributed by atoms with Gasteiger partial charge in [-0.05, 0) is 0 Å². The van der Waals surface area contributed by atoms with Crippen molar-refractivity contribution in [2.75, 3.05) is 36.9 Å². The third kappa shape index (κ3) is 7.10. The van der Waals surface area contributed by atoms with Crippen molar-refractivity contribution in [3.63, 3.8) is 0 Å². The lowest BCUT2D eigenvalue weighted by Crippen LogP contribution is -2.34. The smallest absolute Gasteiger partial charge is 0.243 e. The Morgan fingerprint density at radius 2 is 1.31 bits per heavy atom. The predicted molar refractivity (Wildman–Crippen MR) is 175 cm³/mol. The van der Waals surface area contributed by atoms with E-state index in [-0.39, 0.29) is 5.65 Å². The second kappa shape index (κ2) is 15.4. The van der Waals surface area contributed by atoms with Gasteiger partial charge in [-0.1, -0.05) is 36.6 Å². The summed E-state index contributed by atoms with van der Waals surface area (Å²) >= 11 is 7.53. The molecule has 2 fully saturated rings. The van der Waals surface area contributed by atoms with Gasteiger partial charge in [-0.2, -0.15) is 0 Å². The number of halogens is 1. The van der Waals surface area contributed by atoms with E-state index in [2.05, 4.69) is 65.0 Å². The van der Waals surface area contributed by atoms with Gasteiger partial charge >= 0.3 is 0 Å². The van der Waals surface area contributed by atoms with Crippen LogP contribution in [-0.2, 0) is 27.7 Å². The molecule has 2 aliphatic rings. The van der Waals surface area contributed by atoms with Crippen LogP contribution in [0.5, 0.6) is 0 Å². The fourth-order valence-electron chi connectivity index (χ4n) is 5.47. The Labute approximate surface area is 282 Å². The normalized spacial score (nSPS) is 28.9. The van der Waals surface area contributed by atoms with E-state index in [1.54, 1.807) is 0 Å². The quantitative estimate of drug-likeness (QED) is 0.0539. The highest BCUT2D eigenvalue weighted by molar-refractivity contribution is 8.39. The third-order valence-corrected chi connectivity index (χ3v) is 9.20. The van der Waals surface area contributed by atoms with Crippen LogP contribution in [0, 0.1) is 0 Å². The van der Waals surface area contributed by atoms with Crippen molar-refractivity contribution in [3.8, 4) is 0 Å². The van der Waals surface area contributed by atoms with Crippen molar-refractivity contribution >= 4 is 72.9 Å². The fraction of sp³-hybridized carbons (Fsp3) is 0.500. The molecule has 2 aliphatic heterocycles. The molecule has 4 aromatic heterocycles. The molecule has 24 heteroatoms. The molecule has 6 rings (SSSR count). The molecule has 10 atom stereocenters. The van der Waals surface area contributed by atoms with Crippen LogP contribution in [0.15, 0.2) is 37.5 Å². The minimum Gasteiger partial charge on any atom is -0.394 e. The van der Waals surface area contributed by atoms with Gasteiger partial charge in [0.15, 0.2) is 52.6 Å². The number of hydrogen-bond acceptors (Lipinski definition) is 17. The van der Waals surface area contributed by atoms with Crippen molar-refractivity contribution in [2.45, 2.75) is 49.1 Å². The fourth-order valence-corrected chi connectivity index (χ4v) is 7.21. The molecular formula is C24H31FN10O9P2S2. The topological polar surface area (TPSA) is 243 Å². The zero-order valence-electron chi connectivity index (χ0n) is 24.6. The van der Waals surface area contributed by atoms with Crippen molar-refractivity contribution < 1.29 is 47.4 Å². The monoisotopic (exact) mass is 748 g/mol. The number of hydrogen-bond donors (Lipinski definition) is 7. The van der Waals surface area contributed by atoms with E-state index in [1.165, 1.54) is 34.4 Å². The molecule has 0 radical (unpaired) electrons. The minimum atomic E-state index is -2.79. The number of imidazole rings is 2. The van der Waals surface area contributed by atoms with Crippen LogP contribution >= 0.6 is 39.0 Å². The molecule has 2 saturated heterocycles. The molecule has 5 N–H and O–H groups in total. The molecule has 0 aromatic carbocycles. The number of anilines is 2. The first-order valence-electron chi connectivity index (χ1n) is 14.3. The number of aliphatic hydroxyl groups is 3. The highest BCUT2D eigenvalue weighted by Crippen LogP contribution is 2.42. The lowest BCUT2D eigenvalue weighted by molar-refractivity contribution is -0.0481. The van der Waals surface area contributed by atoms with E-state index in [0.717, 1.165) is 0 Å². The maximum absolute atomic E-state index is 15.2. The molecule has 4 unspecified atom stereocenters. The first-order chi connectivity index (χ1) is 23.2. The van der Waals surface area contributed by atoms with Gasteiger partial charge < -0.3 is 44.5 Å². The molecule has 19 nitrogen and oxygen atoms in total. The van der Waals surface area contributed by atoms with Gasteiger partial charge in [-0.25, -0.2) is 34.3 Å². The number of aromatic nitrogens is 8. The Balaban J connectivity index is 1.08. The van der Waals surface area contributed by atoms with Gasteiger partial charge in [-0.3, -0.25) is 18.3 Å². The van der Waals surface area contributed by atoms with Crippen molar-refractivity contribution in [3.05, 3.63) is 37.5 Å². The first kappa shape index (κ1) is 35.1. The molecule has 6 heterocycles. The second-order valence-electron chi connectivity index (χ2n) is 10.5. The number of aliphatic hydroxyl groups excluding tert-OH is 3. The molecule has 0 bridgehead atoms. The van der Waals surface area contributed by atoms with E-state index in [0.29, 0.717) is 41.4 Å². The number of nitrogens with one attached hydrogen (secondary N) is 2. The van der Waals surface area contributed by atoms with E-state index in [9.17, 15) is 24.4 Å². The van der Waals surface area contributed by atoms with Crippen molar-refractivity contribution in [1.29, 1.82) is 0 Å². The predicted octanol–water partition coefficient (Wildman–Crippen LogP) is 0.934. The summed E-state index contributed by atoms with van der Waals surface area (Å²) in [7, 11) is -5.53. The van der Waals surface area contributed by atoms with Gasteiger partial charge in [0, 0.05) is 13.1 Å². The Morgan fingerprint density at radius 1 is 0.812 bits per heavy atom. The van der Waals surface area contributed by atoms with Crippen LogP contribution in [-0.4, -0.2) is 117 Å². The van der Waals surface area contributed by atoms with E-state index >= 15 is 4.39 Å². The Bertz CT molecular complexity index is 1820. The zero-order valence-corrected chi connectivity index (χ0v) is 28.3. The van der Waals surface area contributed by atoms with Gasteiger partial charge in [0.1, 0.15) is 43.2 Å². The first-order valence-corrected chi connectivity index (χ1v) is 19.5. The third-order valence-electron chi connectivity index (χ3n) is 7.62. The maximum Gasteiger partial charge on any atom is 0.243 e. The van der Waals surface area contributed by atoms with Gasteiger partial charge in [-0.15, -0.1) is 0 Å². The maximum atomic E-state index is 15.2. The molecule has 48 heavy (non-hydrogen) atoms. The number of ether oxygens (including phenoxy) is 2. The average Bonchev–Trinajstić information content (AvgIpc) is 3.83. The lowest BCUT2D eigenvalue weighted by atomic mass is 10.1. The number of alkyl halides is 1. The molecule has 0 amide bonds. The van der Waals surface area contributed by atoms with Crippen molar-refractivity contribution in [2.24, 2.45) is 0 Å². The summed E-state index contributed by atoms with van der Waals surface area (Å²) in [5.41, 5.74) is 1.38. The lowest BCUT2D eigenvalue weighted by Gasteiger charge is -2.20. The van der Waals surface area contributed by atoms with E-state index in [1.807, 2.05) is 12.2 Å². The highest BCUT2D eigenvalue weighted by atomic mass is 32.7. The van der Waals surface area contributed by atoms with Crippen LogP contribution in [0.1, 0.15) is 12.5 Å². The average molecular weight is 749 g/mol. The zero-order chi connectivity index (χ0) is 33.9. The Kier molecular flexibility index (Phi) is 11.3. The number of thiol groups is 2. The molecule has 0 saturated carbocycles. The van der Waals surface area contributed by atoms with Gasteiger partial charge in [0.2, 0.25) is 14.5 Å². The molecule has 4 aromatic rings. The van der Waals surface area contributed by atoms with Crippen LogP contribution in [0.2, 0.25) is 0 Å². The van der Waals surface area contributed by atoms with Crippen LogP contribution in [0.4, 0.5) is 16.0 Å². The standard InChI is InChI=1S/C24H31FN10O9P2S2/c25-13-17(43-45(39)47)12(6-37)42-23(13)34-9-32-14-19(28-7-30-21(14)34)26-3-1-2-4-27-20-15-22(31-8-29-20)35(10-33-15)24-18(44-46(40)48)16(38)11(5-36)41-24/h1-2,7-13,16-18,23-24,36-38,45-46H,3-6H2,(H,39,47)(H,40,48)(H,26,28,30)(H,27,29,31)/b2-1+/t11-,12-,13-,16-,17-,18?,23-,24?/m1/s1. The van der Waals surface area contributed by atoms with Gasteiger partial charge in [0.25, 0.3) is 0 Å². The summed E-state index contributed by atoms with van der Waals surface area (Å²) < 4.78 is 63.1. The highest BCUT2D eigenvalue weighted by Gasteiger charge is 2.48. The summed E-state index contributed by atoms with van der Waals surface area (Å²) in [6.07, 6.45) is -0.590. The summed E-state index contributed by atoms with van der Waals surface area (Å²) in [6.45, 7) is -0.347. The number of fused-ring (bicyclic) bond motifs is 2. The summed E-state index contributed by atoms with van der Waals surface area (Å²) in [6, 6.07) is 0. The SMILES string of the molecule is O=[PH](S)OC1C(n2cnc3c(NC/C=C/CNc4ncnc5c4ncn5[C@@H]4O[C@H](CO)[C@@H](O[PH](=O)S)[C@H]4F)ncnc32)O[C@H](CO)[C@H]1O. The number of rotatable bonds is 14. The van der Waals surface area contributed by atoms with E-state index < -0.39 is 76.8 Å². The Morgan fingerprint density at radius 3 is 1.83 bits per heavy atom. The van der Waals surface area contributed by atoms with Gasteiger partial charge in [0.05, 0.1) is 25.9 Å². The van der Waals surface area contributed by atoms with Crippen molar-refractivity contribution in [1.82, 2.24) is 39.0 Å². The molecule has 0 spiro atoms. The second-order valence-corrected chi connectivity index (χ2v) is 14.2. The van der Waals surface area contributed by atoms with E-state index in [4.69, 9.17) is 18.5 Å². The molecular weight excluding hydrogens is 717 g/mol. The van der Waals surface area contributed by atoms with Crippen LogP contribution < -0.4 is 10.6 Å². The van der Waals surface area contributed by atoms with Crippen LogP contribution in [0.25, 0.3) is 22.3 Å². The summed E-state index contributed by atoms with van der Waals surface area (Å²) in [5.74, 6) is 0.794.